The largest absolute Gasteiger partial charge is 0.481 e. The molecule has 1 aromatic rings. The van der Waals surface area contributed by atoms with Crippen molar-refractivity contribution in [2.24, 2.45) is 0 Å². The van der Waals surface area contributed by atoms with E-state index in [1.165, 1.54) is 6.07 Å². The summed E-state index contributed by atoms with van der Waals surface area (Å²) in [7, 11) is 0. The Morgan fingerprint density at radius 2 is 2.29 bits per heavy atom. The van der Waals surface area contributed by atoms with E-state index in [2.05, 4.69) is 21.2 Å². The fraction of sp³-hybridized carbons (Fsp3) is 0.222. The summed E-state index contributed by atoms with van der Waals surface area (Å²) in [6.45, 7) is 0.288. The Balaban J connectivity index is 2.51. The summed E-state index contributed by atoms with van der Waals surface area (Å²) < 4.78 is 13.4. The van der Waals surface area contributed by atoms with Gasteiger partial charge in [-0.25, -0.2) is 4.39 Å². The molecule has 0 saturated heterocycles. The lowest BCUT2D eigenvalue weighted by molar-refractivity contribution is -0.136. The van der Waals surface area contributed by atoms with Gasteiger partial charge in [-0.15, -0.1) is 0 Å². The minimum Gasteiger partial charge on any atom is -0.481 e. The van der Waals surface area contributed by atoms with Gasteiger partial charge in [-0.05, 0) is 34.1 Å². The van der Waals surface area contributed by atoms with E-state index < -0.39 is 5.97 Å². The van der Waals surface area contributed by atoms with Crippen LogP contribution in [0.15, 0.2) is 22.7 Å². The van der Waals surface area contributed by atoms with Crippen molar-refractivity contribution in [3.8, 4) is 0 Å². The molecule has 0 spiro atoms. The van der Waals surface area contributed by atoms with Crippen molar-refractivity contribution >= 4 is 27.6 Å². The molecule has 0 saturated carbocycles. The van der Waals surface area contributed by atoms with Gasteiger partial charge in [-0.3, -0.25) is 4.79 Å². The summed E-state index contributed by atoms with van der Waals surface area (Å²) in [6.07, 6.45) is 0.0116. The van der Waals surface area contributed by atoms with E-state index in [1.807, 2.05) is 0 Å². The number of carboxylic acids is 1. The second kappa shape index (κ2) is 4.95. The van der Waals surface area contributed by atoms with Crippen molar-refractivity contribution in [1.82, 2.24) is 0 Å². The van der Waals surface area contributed by atoms with Gasteiger partial charge >= 0.3 is 5.97 Å². The monoisotopic (exact) mass is 261 g/mol. The van der Waals surface area contributed by atoms with E-state index >= 15 is 0 Å². The first kappa shape index (κ1) is 11.0. The Hall–Kier alpha value is -1.10. The molecule has 3 nitrogen and oxygen atoms in total. The van der Waals surface area contributed by atoms with Crippen LogP contribution in [0.3, 0.4) is 0 Å². The van der Waals surface area contributed by atoms with Gasteiger partial charge in [0.15, 0.2) is 0 Å². The summed E-state index contributed by atoms with van der Waals surface area (Å²) in [5.74, 6) is -1.25. The Kier molecular flexibility index (Phi) is 3.88. The molecule has 0 fully saturated rings. The van der Waals surface area contributed by atoms with Gasteiger partial charge in [0.05, 0.1) is 10.9 Å². The van der Waals surface area contributed by atoms with Gasteiger partial charge in [0.25, 0.3) is 0 Å². The lowest BCUT2D eigenvalue weighted by Gasteiger charge is -2.04. The molecule has 76 valence electrons. The lowest BCUT2D eigenvalue weighted by Crippen LogP contribution is -2.07. The van der Waals surface area contributed by atoms with Gasteiger partial charge in [0.2, 0.25) is 0 Å². The minimum absolute atomic E-state index is 0.0116. The van der Waals surface area contributed by atoms with Crippen molar-refractivity contribution in [3.05, 3.63) is 28.5 Å². The molecule has 5 heteroatoms. The van der Waals surface area contributed by atoms with Crippen molar-refractivity contribution in [3.63, 3.8) is 0 Å². The maximum Gasteiger partial charge on any atom is 0.305 e. The SMILES string of the molecule is O=C(O)CCNc1ccc(Br)c(F)c1. The highest BCUT2D eigenvalue weighted by Gasteiger charge is 2.00. The third-order valence-corrected chi connectivity index (χ3v) is 2.23. The topological polar surface area (TPSA) is 49.3 Å². The zero-order valence-corrected chi connectivity index (χ0v) is 8.84. The summed E-state index contributed by atoms with van der Waals surface area (Å²) >= 11 is 3.02. The normalized spacial score (nSPS) is 9.86. The molecule has 0 heterocycles. The second-order valence-electron chi connectivity index (χ2n) is 2.70. The minimum atomic E-state index is -0.880. The van der Waals surface area contributed by atoms with E-state index in [0.717, 1.165) is 0 Å². The standard InChI is InChI=1S/C9H9BrFNO2/c10-7-2-1-6(5-8(7)11)12-4-3-9(13)14/h1-2,5,12H,3-4H2,(H,13,14). The highest BCUT2D eigenvalue weighted by molar-refractivity contribution is 9.10. The third-order valence-electron chi connectivity index (χ3n) is 1.59. The predicted molar refractivity (Wildman–Crippen MR) is 54.8 cm³/mol. The number of carboxylic acid groups (broad SMARTS) is 1. The quantitative estimate of drug-likeness (QED) is 0.876. The highest BCUT2D eigenvalue weighted by Crippen LogP contribution is 2.19. The molecule has 1 aromatic carbocycles. The molecule has 0 radical (unpaired) electrons. The molecule has 0 aliphatic carbocycles. The molecule has 1 rings (SSSR count). The first-order valence-corrected chi connectivity index (χ1v) is 4.79. The number of benzene rings is 1. The molecule has 0 aliphatic rings. The van der Waals surface area contributed by atoms with Gasteiger partial charge in [-0.2, -0.15) is 0 Å². The van der Waals surface area contributed by atoms with Crippen LogP contribution in [0.4, 0.5) is 10.1 Å². The highest BCUT2D eigenvalue weighted by atomic mass is 79.9. The molecular formula is C9H9BrFNO2. The van der Waals surface area contributed by atoms with E-state index in [4.69, 9.17) is 5.11 Å². The van der Waals surface area contributed by atoms with E-state index in [-0.39, 0.29) is 18.8 Å². The van der Waals surface area contributed by atoms with Crippen LogP contribution in [-0.4, -0.2) is 17.6 Å². The van der Waals surface area contributed by atoms with Gasteiger partial charge in [-0.1, -0.05) is 0 Å². The Morgan fingerprint density at radius 1 is 1.57 bits per heavy atom. The van der Waals surface area contributed by atoms with Gasteiger partial charge in [0.1, 0.15) is 5.82 Å². The predicted octanol–water partition coefficient (Wildman–Crippen LogP) is 2.47. The molecule has 0 aliphatic heterocycles. The molecule has 0 unspecified atom stereocenters. The van der Waals surface area contributed by atoms with Crippen molar-refractivity contribution < 1.29 is 14.3 Å². The number of carbonyl (C=O) groups is 1. The molecule has 0 amide bonds. The third kappa shape index (κ3) is 3.33. The van der Waals surface area contributed by atoms with Crippen LogP contribution in [0.1, 0.15) is 6.42 Å². The Bertz CT molecular complexity index is 344. The number of hydrogen-bond acceptors (Lipinski definition) is 2. The number of rotatable bonds is 4. The van der Waals surface area contributed by atoms with E-state index in [1.54, 1.807) is 12.1 Å². The van der Waals surface area contributed by atoms with Crippen LogP contribution in [0.5, 0.6) is 0 Å². The van der Waals surface area contributed by atoms with Gasteiger partial charge < -0.3 is 10.4 Å². The fourth-order valence-corrected chi connectivity index (χ4v) is 1.17. The van der Waals surface area contributed by atoms with Crippen LogP contribution in [-0.2, 0) is 4.79 Å². The Labute approximate surface area is 89.1 Å². The number of aliphatic carboxylic acids is 1. The molecule has 14 heavy (non-hydrogen) atoms. The van der Waals surface area contributed by atoms with Crippen LogP contribution in [0.2, 0.25) is 0 Å². The van der Waals surface area contributed by atoms with Crippen molar-refractivity contribution in [2.45, 2.75) is 6.42 Å². The molecule has 0 bridgehead atoms. The average Bonchev–Trinajstić information content (AvgIpc) is 2.10. The summed E-state index contributed by atoms with van der Waals surface area (Å²) in [6, 6.07) is 4.55. The second-order valence-corrected chi connectivity index (χ2v) is 3.55. The first-order valence-electron chi connectivity index (χ1n) is 4.00. The number of halogens is 2. The smallest absolute Gasteiger partial charge is 0.305 e. The number of nitrogens with one attached hydrogen (secondary N) is 1. The molecule has 0 aromatic heterocycles. The number of hydrogen-bond donors (Lipinski definition) is 2. The average molecular weight is 262 g/mol. The fourth-order valence-electron chi connectivity index (χ4n) is 0.920. The molecule has 2 N–H and O–H groups in total. The van der Waals surface area contributed by atoms with Gasteiger partial charge in [0, 0.05) is 12.2 Å². The Morgan fingerprint density at radius 3 is 2.86 bits per heavy atom. The molecular weight excluding hydrogens is 253 g/mol. The van der Waals surface area contributed by atoms with E-state index in [9.17, 15) is 9.18 Å². The summed E-state index contributed by atoms with van der Waals surface area (Å²) in [5, 5.41) is 11.2. The summed E-state index contributed by atoms with van der Waals surface area (Å²) in [5.41, 5.74) is 0.576. The zero-order valence-electron chi connectivity index (χ0n) is 7.26. The van der Waals surface area contributed by atoms with Crippen LogP contribution < -0.4 is 5.32 Å². The maximum atomic E-state index is 13.0. The first-order chi connectivity index (χ1) is 6.59. The van der Waals surface area contributed by atoms with Crippen LogP contribution in [0, 0.1) is 5.82 Å². The van der Waals surface area contributed by atoms with E-state index in [0.29, 0.717) is 10.2 Å². The molecule has 0 atom stereocenters. The van der Waals surface area contributed by atoms with Crippen LogP contribution >= 0.6 is 15.9 Å². The number of anilines is 1. The maximum absolute atomic E-state index is 13.0. The zero-order chi connectivity index (χ0) is 10.6. The van der Waals surface area contributed by atoms with Crippen molar-refractivity contribution in [1.29, 1.82) is 0 Å². The summed E-state index contributed by atoms with van der Waals surface area (Å²) in [4.78, 5) is 10.2. The van der Waals surface area contributed by atoms with Crippen LogP contribution in [0.25, 0.3) is 0 Å². The van der Waals surface area contributed by atoms with Crippen molar-refractivity contribution in [2.75, 3.05) is 11.9 Å². The lowest BCUT2D eigenvalue weighted by atomic mass is 10.3.